The molecule has 1 amide bonds. The van der Waals surface area contributed by atoms with Crippen LogP contribution in [0.4, 0.5) is 10.1 Å². The number of piperidine rings is 1. The van der Waals surface area contributed by atoms with E-state index in [1.165, 1.54) is 24.3 Å². The Morgan fingerprint density at radius 3 is 2.40 bits per heavy atom. The smallest absolute Gasteiger partial charge is 0.261 e. The van der Waals surface area contributed by atoms with Crippen LogP contribution in [0.5, 0.6) is 0 Å². The molecule has 184 valence electrons. The van der Waals surface area contributed by atoms with E-state index in [0.717, 1.165) is 43.6 Å². The first kappa shape index (κ1) is 24.9. The van der Waals surface area contributed by atoms with Gasteiger partial charge < -0.3 is 5.32 Å². The van der Waals surface area contributed by atoms with E-state index < -0.39 is 10.0 Å². The van der Waals surface area contributed by atoms with Crippen molar-refractivity contribution >= 4 is 21.6 Å². The summed E-state index contributed by atoms with van der Waals surface area (Å²) in [4.78, 5) is 15.4. The molecule has 1 saturated heterocycles. The maximum absolute atomic E-state index is 13.1. The topological polar surface area (TPSA) is 78.5 Å². The third-order valence-electron chi connectivity index (χ3n) is 6.28. The van der Waals surface area contributed by atoms with Crippen LogP contribution in [0, 0.1) is 19.7 Å². The van der Waals surface area contributed by atoms with Gasteiger partial charge in [-0.15, -0.1) is 0 Å². The fraction of sp³-hybridized carbons (Fsp3) is 0.296. The molecule has 0 aromatic heterocycles. The summed E-state index contributed by atoms with van der Waals surface area (Å²) >= 11 is 0. The molecule has 1 fully saturated rings. The maximum Gasteiger partial charge on any atom is 0.261 e. The van der Waals surface area contributed by atoms with Crippen LogP contribution in [0.2, 0.25) is 0 Å². The Labute approximate surface area is 206 Å². The number of sulfonamides is 1. The van der Waals surface area contributed by atoms with Crippen molar-refractivity contribution < 1.29 is 17.6 Å². The van der Waals surface area contributed by atoms with Crippen molar-refractivity contribution in [1.29, 1.82) is 0 Å². The van der Waals surface area contributed by atoms with Gasteiger partial charge in [-0.1, -0.05) is 30.3 Å². The van der Waals surface area contributed by atoms with Crippen molar-refractivity contribution in [1.82, 2.24) is 10.2 Å². The van der Waals surface area contributed by atoms with Gasteiger partial charge in [0.15, 0.2) is 0 Å². The molecule has 1 heterocycles. The highest BCUT2D eigenvalue weighted by molar-refractivity contribution is 7.92. The second-order valence-corrected chi connectivity index (χ2v) is 10.8. The van der Waals surface area contributed by atoms with Crippen LogP contribution >= 0.6 is 0 Å². The van der Waals surface area contributed by atoms with E-state index in [1.807, 2.05) is 13.0 Å². The lowest BCUT2D eigenvalue weighted by Crippen LogP contribution is -2.44. The lowest BCUT2D eigenvalue weighted by molar-refractivity contribution is 0.0908. The number of hydrogen-bond acceptors (Lipinski definition) is 4. The summed E-state index contributed by atoms with van der Waals surface area (Å²) < 4.78 is 41.6. The molecule has 8 heteroatoms. The Morgan fingerprint density at radius 2 is 1.71 bits per heavy atom. The quantitative estimate of drug-likeness (QED) is 0.501. The van der Waals surface area contributed by atoms with Crippen molar-refractivity contribution in [3.63, 3.8) is 0 Å². The van der Waals surface area contributed by atoms with Crippen LogP contribution in [-0.2, 0) is 16.6 Å². The van der Waals surface area contributed by atoms with E-state index in [4.69, 9.17) is 0 Å². The summed E-state index contributed by atoms with van der Waals surface area (Å²) in [5.74, 6) is -0.514. The van der Waals surface area contributed by atoms with Crippen LogP contribution in [-0.4, -0.2) is 38.4 Å². The largest absolute Gasteiger partial charge is 0.349 e. The summed E-state index contributed by atoms with van der Waals surface area (Å²) in [6.07, 6.45) is 1.58. The number of aryl methyl sites for hydroxylation is 2. The number of anilines is 1. The van der Waals surface area contributed by atoms with Crippen LogP contribution in [0.15, 0.2) is 71.6 Å². The van der Waals surface area contributed by atoms with Crippen LogP contribution < -0.4 is 10.0 Å². The SMILES string of the molecule is Cc1cccc(NS(=O)(=O)c2ccc(C)c(C(=O)NC3CCN(Cc4ccc(F)cc4)CC3)c2)c1. The third kappa shape index (κ3) is 6.46. The summed E-state index contributed by atoms with van der Waals surface area (Å²) in [5.41, 5.74) is 3.54. The number of carbonyl (C=O) groups excluding carboxylic acids is 1. The van der Waals surface area contributed by atoms with Crippen molar-refractivity contribution in [2.24, 2.45) is 0 Å². The fourth-order valence-corrected chi connectivity index (χ4v) is 5.36. The Hall–Kier alpha value is -3.23. The van der Waals surface area contributed by atoms with Gasteiger partial charge in [-0.05, 0) is 79.8 Å². The lowest BCUT2D eigenvalue weighted by Gasteiger charge is -2.32. The number of nitrogens with one attached hydrogen (secondary N) is 2. The number of amides is 1. The highest BCUT2D eigenvalue weighted by atomic mass is 32.2. The Kier molecular flexibility index (Phi) is 7.52. The molecule has 6 nitrogen and oxygen atoms in total. The zero-order chi connectivity index (χ0) is 25.0. The molecule has 4 rings (SSSR count). The van der Waals surface area contributed by atoms with Gasteiger partial charge in [0, 0.05) is 36.9 Å². The van der Waals surface area contributed by atoms with Gasteiger partial charge in [-0.25, -0.2) is 12.8 Å². The van der Waals surface area contributed by atoms with E-state index in [1.54, 1.807) is 43.3 Å². The number of carbonyl (C=O) groups is 1. The molecule has 3 aromatic carbocycles. The number of rotatable bonds is 7. The lowest BCUT2D eigenvalue weighted by atomic mass is 10.0. The molecule has 1 aliphatic heterocycles. The van der Waals surface area contributed by atoms with Crippen molar-refractivity contribution in [3.8, 4) is 0 Å². The van der Waals surface area contributed by atoms with Crippen LogP contribution in [0.1, 0.15) is 39.9 Å². The Bertz CT molecular complexity index is 1300. The monoisotopic (exact) mass is 495 g/mol. The molecule has 0 unspecified atom stereocenters. The third-order valence-corrected chi connectivity index (χ3v) is 7.66. The highest BCUT2D eigenvalue weighted by Crippen LogP contribution is 2.21. The minimum atomic E-state index is -3.84. The molecule has 2 N–H and O–H groups in total. The predicted molar refractivity (Wildman–Crippen MR) is 135 cm³/mol. The second-order valence-electron chi connectivity index (χ2n) is 9.10. The standard InChI is InChI=1S/C27H30FN3O3S/c1-19-4-3-5-24(16-19)30-35(33,34)25-11-6-20(2)26(17-25)27(32)29-23-12-14-31(15-13-23)18-21-7-9-22(28)10-8-21/h3-11,16-17,23,30H,12-15,18H2,1-2H3,(H,29,32). The van der Waals surface area contributed by atoms with Crippen molar-refractivity contribution in [3.05, 3.63) is 94.8 Å². The Morgan fingerprint density at radius 1 is 1.00 bits per heavy atom. The number of hydrogen-bond donors (Lipinski definition) is 2. The van der Waals surface area contributed by atoms with E-state index in [9.17, 15) is 17.6 Å². The van der Waals surface area contributed by atoms with Gasteiger partial charge in [0.1, 0.15) is 5.82 Å². The van der Waals surface area contributed by atoms with Crippen molar-refractivity contribution in [2.75, 3.05) is 17.8 Å². The first-order valence-electron chi connectivity index (χ1n) is 11.7. The average molecular weight is 496 g/mol. The maximum atomic E-state index is 13.1. The van der Waals surface area contributed by atoms with Gasteiger partial charge in [0.25, 0.3) is 15.9 Å². The number of benzene rings is 3. The summed E-state index contributed by atoms with van der Waals surface area (Å²) in [6.45, 7) is 6.06. The molecule has 0 aliphatic carbocycles. The fourth-order valence-electron chi connectivity index (χ4n) is 4.28. The number of nitrogens with zero attached hydrogens (tertiary/aromatic N) is 1. The first-order valence-corrected chi connectivity index (χ1v) is 13.2. The van der Waals surface area contributed by atoms with Gasteiger partial charge in [0.05, 0.1) is 4.90 Å². The predicted octanol–water partition coefficient (Wildman–Crippen LogP) is 4.64. The molecule has 3 aromatic rings. The molecule has 0 atom stereocenters. The van der Waals surface area contributed by atoms with Gasteiger partial charge in [-0.3, -0.25) is 14.4 Å². The summed E-state index contributed by atoms with van der Waals surface area (Å²) in [6, 6.07) is 18.3. The minimum absolute atomic E-state index is 0.0112. The van der Waals surface area contributed by atoms with Gasteiger partial charge in [0.2, 0.25) is 0 Å². The number of likely N-dealkylation sites (tertiary alicyclic amines) is 1. The molecular formula is C27H30FN3O3S. The molecule has 0 bridgehead atoms. The molecule has 0 spiro atoms. The Balaban J connectivity index is 1.38. The highest BCUT2D eigenvalue weighted by Gasteiger charge is 2.23. The molecule has 1 aliphatic rings. The van der Waals surface area contributed by atoms with Gasteiger partial charge >= 0.3 is 0 Å². The van der Waals surface area contributed by atoms with Gasteiger partial charge in [-0.2, -0.15) is 0 Å². The molecule has 0 radical (unpaired) electrons. The molecule has 0 saturated carbocycles. The summed E-state index contributed by atoms with van der Waals surface area (Å²) in [7, 11) is -3.84. The zero-order valence-corrected chi connectivity index (χ0v) is 20.7. The summed E-state index contributed by atoms with van der Waals surface area (Å²) in [5, 5.41) is 3.07. The van der Waals surface area contributed by atoms with Crippen LogP contribution in [0.3, 0.4) is 0 Å². The molecular weight excluding hydrogens is 465 g/mol. The van der Waals surface area contributed by atoms with E-state index in [2.05, 4.69) is 14.9 Å². The van der Waals surface area contributed by atoms with E-state index in [-0.39, 0.29) is 22.7 Å². The molecule has 35 heavy (non-hydrogen) atoms. The normalized spacial score (nSPS) is 15.1. The minimum Gasteiger partial charge on any atom is -0.349 e. The second kappa shape index (κ2) is 10.6. The van der Waals surface area contributed by atoms with Crippen molar-refractivity contribution in [2.45, 2.75) is 44.2 Å². The van der Waals surface area contributed by atoms with E-state index >= 15 is 0 Å². The first-order chi connectivity index (χ1) is 16.7. The number of halogens is 1. The zero-order valence-electron chi connectivity index (χ0n) is 19.9. The van der Waals surface area contributed by atoms with Crippen LogP contribution in [0.25, 0.3) is 0 Å². The average Bonchev–Trinajstić information content (AvgIpc) is 2.81. The van der Waals surface area contributed by atoms with E-state index in [0.29, 0.717) is 16.8 Å².